The van der Waals surface area contributed by atoms with Crippen molar-refractivity contribution in [2.75, 3.05) is 13.6 Å². The molecule has 0 rings (SSSR count). The van der Waals surface area contributed by atoms with Gasteiger partial charge in [0.2, 0.25) is 0 Å². The Morgan fingerprint density at radius 2 is 1.93 bits per heavy atom. The minimum atomic E-state index is -3.80. The Kier molecular flexibility index (Phi) is 4.42. The summed E-state index contributed by atoms with van der Waals surface area (Å²) in [6.45, 7) is 7.63. The molecule has 0 spiro atoms. The molecule has 7 heteroatoms. The quantitative estimate of drug-likeness (QED) is 0.516. The highest BCUT2D eigenvalue weighted by Gasteiger charge is 2.22. The molecule has 0 heterocycles. The molecule has 0 unspecified atom stereocenters. The summed E-state index contributed by atoms with van der Waals surface area (Å²) in [6.07, 6.45) is 0. The summed E-state index contributed by atoms with van der Waals surface area (Å²) in [6, 6.07) is 0. The van der Waals surface area contributed by atoms with Crippen molar-refractivity contribution in [1.29, 1.82) is 0 Å². The number of carbonyl (C=O) groups is 1. The highest BCUT2D eigenvalue weighted by atomic mass is 32.2. The van der Waals surface area contributed by atoms with Crippen LogP contribution in [-0.4, -0.2) is 44.6 Å². The molecule has 0 aliphatic rings. The van der Waals surface area contributed by atoms with Crippen molar-refractivity contribution in [3.05, 3.63) is 0 Å². The van der Waals surface area contributed by atoms with E-state index in [-0.39, 0.29) is 6.54 Å². The number of hydrogen-bond acceptors (Lipinski definition) is 4. The van der Waals surface area contributed by atoms with Gasteiger partial charge >= 0.3 is 16.2 Å². The lowest BCUT2D eigenvalue weighted by molar-refractivity contribution is -0.154. The van der Waals surface area contributed by atoms with E-state index in [1.54, 1.807) is 20.8 Å². The summed E-state index contributed by atoms with van der Waals surface area (Å²) < 4.78 is 30.8. The van der Waals surface area contributed by atoms with Crippen LogP contribution in [0.15, 0.2) is 4.40 Å². The molecule has 0 bridgehead atoms. The van der Waals surface area contributed by atoms with Gasteiger partial charge in [-0.15, -0.1) is 0 Å². The predicted octanol–water partition coefficient (Wildman–Crippen LogP) is 0.205. The lowest BCUT2D eigenvalue weighted by Gasteiger charge is -2.21. The highest BCUT2D eigenvalue weighted by molar-refractivity contribution is 7.87. The Morgan fingerprint density at radius 1 is 1.47 bits per heavy atom. The summed E-state index contributed by atoms with van der Waals surface area (Å²) in [5, 5.41) is 0. The number of rotatable bonds is 4. The Bertz CT molecular complexity index is 342. The molecule has 0 N–H and O–H groups in total. The molecule has 0 amide bonds. The molecular weight excluding hydrogens is 220 g/mol. The Labute approximate surface area is 90.1 Å². The van der Waals surface area contributed by atoms with E-state index in [4.69, 9.17) is 4.74 Å². The van der Waals surface area contributed by atoms with Gasteiger partial charge in [0, 0.05) is 13.8 Å². The highest BCUT2D eigenvalue weighted by Crippen LogP contribution is 2.08. The van der Waals surface area contributed by atoms with E-state index < -0.39 is 21.8 Å². The first-order valence-corrected chi connectivity index (χ1v) is 5.64. The van der Waals surface area contributed by atoms with Crippen molar-refractivity contribution >= 4 is 22.9 Å². The van der Waals surface area contributed by atoms with Gasteiger partial charge in [-0.2, -0.15) is 17.1 Å². The average Bonchev–Trinajstić information content (AvgIpc) is 2.00. The zero-order valence-electron chi connectivity index (χ0n) is 9.35. The standard InChI is InChI=1S/C8H16N2O4S/c1-8(2,3)14-7(11)6-10(5)15(12,13)9-4/h4,6H2,1-3,5H3. The maximum absolute atomic E-state index is 11.2. The summed E-state index contributed by atoms with van der Waals surface area (Å²) >= 11 is 0. The first-order valence-electron chi connectivity index (χ1n) is 4.24. The fraction of sp³-hybridized carbons (Fsp3) is 0.750. The molecular formula is C8H16N2O4S. The van der Waals surface area contributed by atoms with E-state index in [2.05, 4.69) is 11.1 Å². The first kappa shape index (κ1) is 14.1. The third-order valence-corrected chi connectivity index (χ3v) is 2.57. The van der Waals surface area contributed by atoms with Gasteiger partial charge in [-0.1, -0.05) is 0 Å². The van der Waals surface area contributed by atoms with Gasteiger partial charge in [0.05, 0.1) is 0 Å². The van der Waals surface area contributed by atoms with Crippen molar-refractivity contribution in [2.45, 2.75) is 26.4 Å². The van der Waals surface area contributed by atoms with Crippen LogP contribution in [-0.2, 0) is 19.7 Å². The molecule has 88 valence electrons. The molecule has 0 aliphatic heterocycles. The largest absolute Gasteiger partial charge is 0.459 e. The second kappa shape index (κ2) is 4.71. The van der Waals surface area contributed by atoms with E-state index >= 15 is 0 Å². The van der Waals surface area contributed by atoms with Crippen molar-refractivity contribution < 1.29 is 17.9 Å². The van der Waals surface area contributed by atoms with Crippen LogP contribution in [0.3, 0.4) is 0 Å². The third-order valence-electron chi connectivity index (χ3n) is 1.33. The monoisotopic (exact) mass is 236 g/mol. The average molecular weight is 236 g/mol. The smallest absolute Gasteiger partial charge is 0.322 e. The molecule has 6 nitrogen and oxygen atoms in total. The normalized spacial score (nSPS) is 12.6. The van der Waals surface area contributed by atoms with Gasteiger partial charge in [0.15, 0.2) is 0 Å². The fourth-order valence-electron chi connectivity index (χ4n) is 0.736. The Balaban J connectivity index is 4.39. The minimum absolute atomic E-state index is 0.376. The van der Waals surface area contributed by atoms with Crippen LogP contribution in [0.4, 0.5) is 0 Å². The van der Waals surface area contributed by atoms with Crippen LogP contribution in [0.25, 0.3) is 0 Å². The molecule has 15 heavy (non-hydrogen) atoms. The summed E-state index contributed by atoms with van der Waals surface area (Å²) in [4.78, 5) is 11.2. The van der Waals surface area contributed by atoms with Crippen molar-refractivity contribution in [2.24, 2.45) is 4.40 Å². The summed E-state index contributed by atoms with van der Waals surface area (Å²) in [5.41, 5.74) is -0.636. The van der Waals surface area contributed by atoms with Gasteiger partial charge in [-0.25, -0.2) is 0 Å². The molecule has 0 radical (unpaired) electrons. The maximum atomic E-state index is 11.2. The zero-order chi connectivity index (χ0) is 12.3. The fourth-order valence-corrected chi connectivity index (χ4v) is 1.20. The number of nitrogens with zero attached hydrogens (tertiary/aromatic N) is 2. The molecule has 0 aromatic heterocycles. The van der Waals surface area contributed by atoms with Crippen molar-refractivity contribution in [1.82, 2.24) is 4.31 Å². The van der Waals surface area contributed by atoms with E-state index in [0.29, 0.717) is 0 Å². The molecule has 0 saturated carbocycles. The number of ether oxygens (including phenoxy) is 1. The van der Waals surface area contributed by atoms with E-state index in [1.807, 2.05) is 0 Å². The lowest BCUT2D eigenvalue weighted by Crippen LogP contribution is -2.35. The second-order valence-electron chi connectivity index (χ2n) is 3.95. The summed E-state index contributed by atoms with van der Waals surface area (Å²) in [7, 11) is -2.57. The van der Waals surface area contributed by atoms with Gasteiger partial charge in [-0.05, 0) is 20.8 Å². The lowest BCUT2D eigenvalue weighted by atomic mass is 10.2. The zero-order valence-corrected chi connectivity index (χ0v) is 10.2. The SMILES string of the molecule is C=NS(=O)(=O)N(C)CC(=O)OC(C)(C)C. The molecule has 0 saturated heterocycles. The molecule has 0 aromatic carbocycles. The number of esters is 1. The van der Waals surface area contributed by atoms with Crippen LogP contribution < -0.4 is 0 Å². The van der Waals surface area contributed by atoms with Crippen molar-refractivity contribution in [3.8, 4) is 0 Å². The van der Waals surface area contributed by atoms with E-state index in [9.17, 15) is 13.2 Å². The molecule has 0 atom stereocenters. The van der Waals surface area contributed by atoms with Gasteiger partial charge in [-0.3, -0.25) is 4.79 Å². The maximum Gasteiger partial charge on any atom is 0.322 e. The Morgan fingerprint density at radius 3 is 2.27 bits per heavy atom. The van der Waals surface area contributed by atoms with Crippen LogP contribution in [0, 0.1) is 0 Å². The van der Waals surface area contributed by atoms with E-state index in [0.717, 1.165) is 4.31 Å². The molecule has 0 fully saturated rings. The van der Waals surface area contributed by atoms with Crippen LogP contribution in [0.1, 0.15) is 20.8 Å². The predicted molar refractivity (Wildman–Crippen MR) is 56.9 cm³/mol. The van der Waals surface area contributed by atoms with Crippen LogP contribution in [0.5, 0.6) is 0 Å². The topological polar surface area (TPSA) is 76.0 Å². The number of likely N-dealkylation sites (N-methyl/N-ethyl adjacent to an activating group) is 1. The second-order valence-corrected chi connectivity index (χ2v) is 5.73. The summed E-state index contributed by atoms with van der Waals surface area (Å²) in [5.74, 6) is -0.628. The van der Waals surface area contributed by atoms with Gasteiger partial charge in [0.1, 0.15) is 12.1 Å². The number of hydrogen-bond donors (Lipinski definition) is 0. The van der Waals surface area contributed by atoms with Gasteiger partial charge < -0.3 is 4.74 Å². The van der Waals surface area contributed by atoms with Crippen molar-refractivity contribution in [3.63, 3.8) is 0 Å². The third kappa shape index (κ3) is 5.48. The van der Waals surface area contributed by atoms with Gasteiger partial charge in [0.25, 0.3) is 0 Å². The molecule has 0 aliphatic carbocycles. The molecule has 0 aromatic rings. The Hall–Kier alpha value is -0.950. The number of carbonyl (C=O) groups excluding carboxylic acids is 1. The minimum Gasteiger partial charge on any atom is -0.459 e. The van der Waals surface area contributed by atoms with Crippen LogP contribution in [0.2, 0.25) is 0 Å². The van der Waals surface area contributed by atoms with Crippen LogP contribution >= 0.6 is 0 Å². The van der Waals surface area contributed by atoms with E-state index in [1.165, 1.54) is 7.05 Å². The first-order chi connectivity index (χ1) is 6.58.